The molecule has 0 saturated heterocycles. The van der Waals surface area contributed by atoms with Gasteiger partial charge in [0.2, 0.25) is 5.78 Å². The zero-order valence-electron chi connectivity index (χ0n) is 11.5. The van der Waals surface area contributed by atoms with Crippen LogP contribution in [0.15, 0.2) is 62.3 Å². The highest BCUT2D eigenvalue weighted by molar-refractivity contribution is 9.10. The van der Waals surface area contributed by atoms with Crippen LogP contribution in [0.1, 0.15) is 16.1 Å². The van der Waals surface area contributed by atoms with Gasteiger partial charge >= 0.3 is 0 Å². The van der Waals surface area contributed by atoms with E-state index < -0.39 is 9.84 Å². The molecule has 0 bridgehead atoms. The minimum Gasteiger partial charge on any atom is -0.453 e. The summed E-state index contributed by atoms with van der Waals surface area (Å²) in [4.78, 5) is 12.6. The summed E-state index contributed by atoms with van der Waals surface area (Å²) in [5, 5.41) is 0.825. The van der Waals surface area contributed by atoms with E-state index in [0.717, 1.165) is 16.1 Å². The Bertz CT molecular complexity index is 969. The summed E-state index contributed by atoms with van der Waals surface area (Å²) in [6, 6.07) is 13.0. The van der Waals surface area contributed by atoms with Crippen LogP contribution in [0.25, 0.3) is 11.0 Å². The molecule has 3 aromatic rings. The summed E-state index contributed by atoms with van der Waals surface area (Å²) in [6.45, 7) is 0. The lowest BCUT2D eigenvalue weighted by molar-refractivity contribution is 0.101. The van der Waals surface area contributed by atoms with Gasteiger partial charge in [-0.05, 0) is 48.5 Å². The highest BCUT2D eigenvalue weighted by Crippen LogP contribution is 2.25. The first-order valence-corrected chi connectivity index (χ1v) is 9.07. The Morgan fingerprint density at radius 3 is 2.36 bits per heavy atom. The van der Waals surface area contributed by atoms with Crippen LogP contribution < -0.4 is 0 Å². The molecule has 0 unspecified atom stereocenters. The predicted molar refractivity (Wildman–Crippen MR) is 86.9 cm³/mol. The van der Waals surface area contributed by atoms with Crippen LogP contribution in [0.4, 0.5) is 0 Å². The number of fused-ring (bicyclic) bond motifs is 1. The minimum atomic E-state index is -3.28. The summed E-state index contributed by atoms with van der Waals surface area (Å²) >= 11 is 3.37. The molecule has 6 heteroatoms. The quantitative estimate of drug-likeness (QED) is 0.649. The molecule has 0 aliphatic carbocycles. The van der Waals surface area contributed by atoms with Gasteiger partial charge in [0.15, 0.2) is 15.6 Å². The molecule has 0 atom stereocenters. The predicted octanol–water partition coefficient (Wildman–Crippen LogP) is 3.83. The molecule has 0 aliphatic rings. The van der Waals surface area contributed by atoms with E-state index in [9.17, 15) is 13.2 Å². The van der Waals surface area contributed by atoms with Crippen molar-refractivity contribution >= 4 is 42.5 Å². The third-order valence-corrected chi connectivity index (χ3v) is 4.87. The standard InChI is InChI=1S/C16H11BrO4S/c1-22(19,20)13-5-2-10(3-6-13)16(18)15-9-11-8-12(17)4-7-14(11)21-15/h2-9H,1H3. The molecule has 1 heterocycles. The van der Waals surface area contributed by atoms with Crippen molar-refractivity contribution in [1.29, 1.82) is 0 Å². The topological polar surface area (TPSA) is 64.3 Å². The summed E-state index contributed by atoms with van der Waals surface area (Å²) in [5.74, 6) is -0.0624. The molecular weight excluding hydrogens is 368 g/mol. The van der Waals surface area contributed by atoms with Crippen LogP contribution in [-0.4, -0.2) is 20.5 Å². The number of sulfone groups is 1. The normalized spacial score (nSPS) is 11.7. The van der Waals surface area contributed by atoms with Crippen molar-refractivity contribution in [2.24, 2.45) is 0 Å². The van der Waals surface area contributed by atoms with Gasteiger partial charge in [-0.15, -0.1) is 0 Å². The Morgan fingerprint density at radius 1 is 1.05 bits per heavy atom. The smallest absolute Gasteiger partial charge is 0.228 e. The van der Waals surface area contributed by atoms with Crippen molar-refractivity contribution < 1.29 is 17.6 Å². The van der Waals surface area contributed by atoms with E-state index in [0.29, 0.717) is 11.1 Å². The van der Waals surface area contributed by atoms with Crippen molar-refractivity contribution in [1.82, 2.24) is 0 Å². The van der Waals surface area contributed by atoms with Gasteiger partial charge in [0.25, 0.3) is 0 Å². The lowest BCUT2D eigenvalue weighted by Gasteiger charge is -2.00. The maximum Gasteiger partial charge on any atom is 0.228 e. The van der Waals surface area contributed by atoms with Crippen LogP contribution in [-0.2, 0) is 9.84 Å². The zero-order valence-corrected chi connectivity index (χ0v) is 13.9. The van der Waals surface area contributed by atoms with Gasteiger partial charge in [0.1, 0.15) is 5.58 Å². The van der Waals surface area contributed by atoms with E-state index in [2.05, 4.69) is 15.9 Å². The van der Waals surface area contributed by atoms with Crippen molar-refractivity contribution in [3.8, 4) is 0 Å². The van der Waals surface area contributed by atoms with Crippen molar-refractivity contribution in [3.63, 3.8) is 0 Å². The Kier molecular flexibility index (Phi) is 3.66. The van der Waals surface area contributed by atoms with Gasteiger partial charge in [0.05, 0.1) is 4.90 Å². The average molecular weight is 379 g/mol. The van der Waals surface area contributed by atoms with Gasteiger partial charge in [0, 0.05) is 21.7 Å². The van der Waals surface area contributed by atoms with E-state index in [-0.39, 0.29) is 16.4 Å². The van der Waals surface area contributed by atoms with E-state index in [1.165, 1.54) is 24.3 Å². The SMILES string of the molecule is CS(=O)(=O)c1ccc(C(=O)c2cc3cc(Br)ccc3o2)cc1. The molecule has 0 amide bonds. The molecule has 0 fully saturated rings. The largest absolute Gasteiger partial charge is 0.453 e. The van der Waals surface area contributed by atoms with Crippen molar-refractivity contribution in [2.75, 3.05) is 6.26 Å². The lowest BCUT2D eigenvalue weighted by Crippen LogP contribution is -2.01. The Balaban J connectivity index is 1.98. The lowest BCUT2D eigenvalue weighted by atomic mass is 10.1. The second kappa shape index (κ2) is 5.37. The molecule has 22 heavy (non-hydrogen) atoms. The molecule has 0 saturated carbocycles. The molecule has 0 aliphatic heterocycles. The monoisotopic (exact) mass is 378 g/mol. The number of hydrogen-bond acceptors (Lipinski definition) is 4. The summed E-state index contributed by atoms with van der Waals surface area (Å²) < 4.78 is 29.3. The van der Waals surface area contributed by atoms with Gasteiger partial charge < -0.3 is 4.42 Å². The highest BCUT2D eigenvalue weighted by atomic mass is 79.9. The fraction of sp³-hybridized carbons (Fsp3) is 0.0625. The van der Waals surface area contributed by atoms with Crippen molar-refractivity contribution in [2.45, 2.75) is 4.90 Å². The average Bonchev–Trinajstić information content (AvgIpc) is 2.88. The van der Waals surface area contributed by atoms with Crippen LogP contribution in [0.5, 0.6) is 0 Å². The van der Waals surface area contributed by atoms with Gasteiger partial charge in [-0.2, -0.15) is 0 Å². The number of furan rings is 1. The molecular formula is C16H11BrO4S. The third kappa shape index (κ3) is 2.84. The Morgan fingerprint density at radius 2 is 1.73 bits per heavy atom. The van der Waals surface area contributed by atoms with E-state index in [1.807, 2.05) is 12.1 Å². The first-order chi connectivity index (χ1) is 10.3. The second-order valence-corrected chi connectivity index (χ2v) is 7.85. The number of ketones is 1. The Labute approximate surface area is 135 Å². The number of benzene rings is 2. The number of rotatable bonds is 3. The van der Waals surface area contributed by atoms with Crippen LogP contribution in [0.3, 0.4) is 0 Å². The fourth-order valence-electron chi connectivity index (χ4n) is 2.12. The second-order valence-electron chi connectivity index (χ2n) is 4.92. The maximum absolute atomic E-state index is 12.4. The summed E-state index contributed by atoms with van der Waals surface area (Å²) in [5.41, 5.74) is 1.00. The molecule has 112 valence electrons. The molecule has 0 spiro atoms. The maximum atomic E-state index is 12.4. The number of halogens is 1. The van der Waals surface area contributed by atoms with E-state index in [1.54, 1.807) is 12.1 Å². The minimum absolute atomic E-state index is 0.178. The van der Waals surface area contributed by atoms with Crippen LogP contribution >= 0.6 is 15.9 Å². The fourth-order valence-corrected chi connectivity index (χ4v) is 3.13. The van der Waals surface area contributed by atoms with Gasteiger partial charge in [-0.25, -0.2) is 8.42 Å². The molecule has 3 rings (SSSR count). The number of carbonyl (C=O) groups is 1. The van der Waals surface area contributed by atoms with Gasteiger partial charge in [-0.1, -0.05) is 15.9 Å². The zero-order chi connectivity index (χ0) is 15.9. The Hall–Kier alpha value is -1.92. The molecule has 1 aromatic heterocycles. The first-order valence-electron chi connectivity index (χ1n) is 6.38. The number of carbonyl (C=O) groups excluding carboxylic acids is 1. The molecule has 2 aromatic carbocycles. The summed E-state index contributed by atoms with van der Waals surface area (Å²) in [6.07, 6.45) is 1.13. The van der Waals surface area contributed by atoms with Crippen molar-refractivity contribution in [3.05, 3.63) is 64.3 Å². The molecule has 4 nitrogen and oxygen atoms in total. The summed E-state index contributed by atoms with van der Waals surface area (Å²) in [7, 11) is -3.28. The van der Waals surface area contributed by atoms with Crippen LogP contribution in [0, 0.1) is 0 Å². The molecule has 0 N–H and O–H groups in total. The molecule has 0 radical (unpaired) electrons. The van der Waals surface area contributed by atoms with E-state index >= 15 is 0 Å². The van der Waals surface area contributed by atoms with Gasteiger partial charge in [-0.3, -0.25) is 4.79 Å². The first kappa shape index (κ1) is 15.0. The van der Waals surface area contributed by atoms with E-state index in [4.69, 9.17) is 4.42 Å². The number of hydrogen-bond donors (Lipinski definition) is 0. The third-order valence-electron chi connectivity index (χ3n) is 3.25. The van der Waals surface area contributed by atoms with Crippen LogP contribution in [0.2, 0.25) is 0 Å². The highest BCUT2D eigenvalue weighted by Gasteiger charge is 2.16.